The third-order valence-electron chi connectivity index (χ3n) is 3.98. The Balaban J connectivity index is 0.000000774. The molecule has 0 aromatic carbocycles. The van der Waals surface area contributed by atoms with Gasteiger partial charge in [0.25, 0.3) is 0 Å². The van der Waals surface area contributed by atoms with Gasteiger partial charge in [-0.3, -0.25) is 10.6 Å². The van der Waals surface area contributed by atoms with E-state index in [2.05, 4.69) is 28.9 Å². The van der Waals surface area contributed by atoms with Gasteiger partial charge in [-0.1, -0.05) is 45.0 Å². The first kappa shape index (κ1) is 17.2. The average molecular weight is 330 g/mol. The predicted molar refractivity (Wildman–Crippen MR) is 93.6 cm³/mol. The van der Waals surface area contributed by atoms with E-state index in [9.17, 15) is 5.11 Å². The summed E-state index contributed by atoms with van der Waals surface area (Å²) in [6.45, 7) is 10.1. The number of thioether (sulfide) groups is 1. The molecule has 0 radical (unpaired) electrons. The number of allylic oxidation sites excluding steroid dienone is 1. The molecule has 0 amide bonds. The maximum Gasteiger partial charge on any atom is 0.130 e. The largest absolute Gasteiger partial charge is 0.376 e. The SMILES string of the molecule is C=C1NSC(C)=C1SC1NC2CCCCC2NC1O.CC. The molecule has 0 aromatic heterocycles. The fourth-order valence-corrected chi connectivity index (χ4v) is 4.95. The quantitative estimate of drug-likeness (QED) is 0.585. The summed E-state index contributed by atoms with van der Waals surface area (Å²) in [4.78, 5) is 2.40. The summed E-state index contributed by atoms with van der Waals surface area (Å²) in [7, 11) is 0. The number of aliphatic hydroxyl groups excluding tert-OH is 1. The average Bonchev–Trinajstić information content (AvgIpc) is 2.82. The second kappa shape index (κ2) is 7.92. The van der Waals surface area contributed by atoms with Gasteiger partial charge in [-0.15, -0.1) is 0 Å². The Kier molecular flexibility index (Phi) is 6.50. The summed E-state index contributed by atoms with van der Waals surface area (Å²) in [5.41, 5.74) is 0.951. The molecule has 21 heavy (non-hydrogen) atoms. The molecule has 0 bridgehead atoms. The van der Waals surface area contributed by atoms with Crippen molar-refractivity contribution >= 4 is 23.7 Å². The Labute approximate surface area is 136 Å². The van der Waals surface area contributed by atoms with Crippen LogP contribution < -0.4 is 15.4 Å². The summed E-state index contributed by atoms with van der Waals surface area (Å²) in [5.74, 6) is 0. The van der Waals surface area contributed by atoms with Crippen LogP contribution in [0.1, 0.15) is 46.5 Å². The summed E-state index contributed by atoms with van der Waals surface area (Å²) in [6, 6.07) is 0.917. The third-order valence-corrected chi connectivity index (χ3v) is 6.41. The molecule has 4 nitrogen and oxygen atoms in total. The lowest BCUT2D eigenvalue weighted by molar-refractivity contribution is 0.0542. The second-order valence-electron chi connectivity index (χ2n) is 5.38. The Hall–Kier alpha value is -0.140. The van der Waals surface area contributed by atoms with Crippen LogP contribution in [0.15, 0.2) is 22.1 Å². The van der Waals surface area contributed by atoms with Crippen LogP contribution in [0.4, 0.5) is 0 Å². The van der Waals surface area contributed by atoms with E-state index in [0.717, 1.165) is 17.0 Å². The molecular formula is C15H27N3OS2. The topological polar surface area (TPSA) is 56.3 Å². The molecule has 2 aliphatic heterocycles. The normalized spacial score (nSPS) is 35.7. The number of fused-ring (bicyclic) bond motifs is 1. The number of aliphatic hydroxyl groups is 1. The highest BCUT2D eigenvalue weighted by Gasteiger charge is 2.37. The minimum atomic E-state index is -0.497. The van der Waals surface area contributed by atoms with Gasteiger partial charge in [0.05, 0.1) is 11.1 Å². The van der Waals surface area contributed by atoms with E-state index in [1.54, 1.807) is 23.7 Å². The van der Waals surface area contributed by atoms with Gasteiger partial charge < -0.3 is 9.83 Å². The highest BCUT2D eigenvalue weighted by Crippen LogP contribution is 2.40. The molecule has 1 saturated carbocycles. The van der Waals surface area contributed by atoms with Crippen molar-refractivity contribution in [1.29, 1.82) is 0 Å². The lowest BCUT2D eigenvalue weighted by Gasteiger charge is -2.43. The maximum atomic E-state index is 10.3. The molecule has 4 atom stereocenters. The van der Waals surface area contributed by atoms with E-state index in [1.807, 2.05) is 13.8 Å². The molecule has 4 N–H and O–H groups in total. The Morgan fingerprint density at radius 1 is 1.19 bits per heavy atom. The summed E-state index contributed by atoms with van der Waals surface area (Å²) in [6.07, 6.45) is 4.42. The van der Waals surface area contributed by atoms with Crippen molar-refractivity contribution in [2.75, 3.05) is 0 Å². The van der Waals surface area contributed by atoms with Crippen molar-refractivity contribution in [2.45, 2.75) is 70.1 Å². The lowest BCUT2D eigenvalue weighted by atomic mass is 9.89. The van der Waals surface area contributed by atoms with Crippen LogP contribution in [-0.4, -0.2) is 28.8 Å². The van der Waals surface area contributed by atoms with Crippen LogP contribution in [0.3, 0.4) is 0 Å². The fourth-order valence-electron chi connectivity index (χ4n) is 2.96. The molecule has 0 aromatic rings. The van der Waals surface area contributed by atoms with E-state index in [4.69, 9.17) is 0 Å². The smallest absolute Gasteiger partial charge is 0.130 e. The van der Waals surface area contributed by atoms with E-state index in [1.165, 1.54) is 24.2 Å². The molecule has 4 unspecified atom stereocenters. The van der Waals surface area contributed by atoms with Crippen LogP contribution in [0.25, 0.3) is 0 Å². The van der Waals surface area contributed by atoms with Crippen LogP contribution in [0.5, 0.6) is 0 Å². The lowest BCUT2D eigenvalue weighted by Crippen LogP contribution is -2.65. The van der Waals surface area contributed by atoms with E-state index in [-0.39, 0.29) is 5.37 Å². The summed E-state index contributed by atoms with van der Waals surface area (Å²) >= 11 is 3.29. The number of nitrogens with one attached hydrogen (secondary N) is 3. The maximum absolute atomic E-state index is 10.3. The van der Waals surface area contributed by atoms with E-state index in [0.29, 0.717) is 12.1 Å². The van der Waals surface area contributed by atoms with Gasteiger partial charge in [0.2, 0.25) is 0 Å². The van der Waals surface area contributed by atoms with Crippen LogP contribution in [0, 0.1) is 0 Å². The van der Waals surface area contributed by atoms with Crippen LogP contribution in [-0.2, 0) is 0 Å². The van der Waals surface area contributed by atoms with E-state index >= 15 is 0 Å². The van der Waals surface area contributed by atoms with Gasteiger partial charge >= 0.3 is 0 Å². The van der Waals surface area contributed by atoms with Crippen molar-refractivity contribution < 1.29 is 5.11 Å². The molecule has 3 aliphatic rings. The molecular weight excluding hydrogens is 302 g/mol. The van der Waals surface area contributed by atoms with Crippen LogP contribution in [0.2, 0.25) is 0 Å². The fraction of sp³-hybridized carbons (Fsp3) is 0.733. The van der Waals surface area contributed by atoms with Gasteiger partial charge in [-0.2, -0.15) is 0 Å². The van der Waals surface area contributed by atoms with Gasteiger partial charge in [-0.05, 0) is 31.7 Å². The van der Waals surface area contributed by atoms with Crippen molar-refractivity contribution in [1.82, 2.24) is 15.4 Å². The van der Waals surface area contributed by atoms with Crippen LogP contribution >= 0.6 is 23.7 Å². The number of hydrogen-bond donors (Lipinski definition) is 4. The van der Waals surface area contributed by atoms with Gasteiger partial charge in [-0.25, -0.2) is 0 Å². The molecule has 6 heteroatoms. The summed E-state index contributed by atoms with van der Waals surface area (Å²) in [5, 5.41) is 17.2. The molecule has 0 spiro atoms. The van der Waals surface area contributed by atoms with Crippen molar-refractivity contribution in [3.05, 3.63) is 22.1 Å². The Morgan fingerprint density at radius 2 is 1.81 bits per heavy atom. The van der Waals surface area contributed by atoms with Crippen molar-refractivity contribution in [2.24, 2.45) is 0 Å². The Morgan fingerprint density at radius 3 is 2.38 bits per heavy atom. The van der Waals surface area contributed by atoms with Crippen molar-refractivity contribution in [3.8, 4) is 0 Å². The predicted octanol–water partition coefficient (Wildman–Crippen LogP) is 2.89. The zero-order valence-electron chi connectivity index (χ0n) is 13.1. The monoisotopic (exact) mass is 329 g/mol. The molecule has 2 heterocycles. The standard InChI is InChI=1S/C13H21N3OS2.C2H6/c1-7-11(8(2)19-16-7)18-13-12(17)14-9-5-3-4-6-10(9)15-13;1-2/h9-10,12-17H,1,3-6H2,2H3;1-2H3. The molecule has 3 rings (SSSR count). The first-order valence-electron chi connectivity index (χ1n) is 7.85. The highest BCUT2D eigenvalue weighted by molar-refractivity contribution is 8.07. The zero-order valence-corrected chi connectivity index (χ0v) is 14.7. The van der Waals surface area contributed by atoms with E-state index < -0.39 is 6.23 Å². The number of piperazine rings is 1. The highest BCUT2D eigenvalue weighted by atomic mass is 32.2. The first-order chi connectivity index (χ1) is 10.1. The van der Waals surface area contributed by atoms with Gasteiger partial charge in [0, 0.05) is 21.9 Å². The minimum Gasteiger partial charge on any atom is -0.376 e. The number of rotatable bonds is 2. The van der Waals surface area contributed by atoms with Gasteiger partial charge in [0.15, 0.2) is 0 Å². The molecule has 2 fully saturated rings. The molecule has 1 saturated heterocycles. The second-order valence-corrected chi connectivity index (χ2v) is 7.55. The molecule has 1 aliphatic carbocycles. The number of hydrogen-bond acceptors (Lipinski definition) is 6. The van der Waals surface area contributed by atoms with Gasteiger partial charge in [0.1, 0.15) is 6.23 Å². The first-order valence-corrected chi connectivity index (χ1v) is 9.54. The molecule has 120 valence electrons. The minimum absolute atomic E-state index is 0.00144. The zero-order chi connectivity index (χ0) is 15.4. The Bertz CT molecular complexity index is 414. The summed E-state index contributed by atoms with van der Waals surface area (Å²) < 4.78 is 3.18. The third kappa shape index (κ3) is 3.99. The van der Waals surface area contributed by atoms with Crippen molar-refractivity contribution in [3.63, 3.8) is 0 Å².